The molecule has 4 rings (SSSR count). The number of anilines is 2. The fraction of sp³-hybridized carbons (Fsp3) is 0.389. The van der Waals surface area contributed by atoms with E-state index in [0.717, 1.165) is 24.6 Å². The first-order chi connectivity index (χ1) is 13.2. The molecular formula is C18H21N7O2. The Bertz CT molecular complexity index is 950. The summed E-state index contributed by atoms with van der Waals surface area (Å²) < 4.78 is 7.10. The summed E-state index contributed by atoms with van der Waals surface area (Å²) in [6.45, 7) is 4.89. The predicted molar refractivity (Wildman–Crippen MR) is 99.7 cm³/mol. The van der Waals surface area contributed by atoms with E-state index >= 15 is 0 Å². The lowest BCUT2D eigenvalue weighted by atomic mass is 10.3. The highest BCUT2D eigenvalue weighted by atomic mass is 16.5. The van der Waals surface area contributed by atoms with Crippen molar-refractivity contribution in [3.05, 3.63) is 41.9 Å². The second kappa shape index (κ2) is 7.67. The van der Waals surface area contributed by atoms with Gasteiger partial charge in [-0.05, 0) is 31.2 Å². The van der Waals surface area contributed by atoms with Gasteiger partial charge in [0.1, 0.15) is 11.6 Å². The number of aromatic nitrogens is 5. The van der Waals surface area contributed by atoms with Gasteiger partial charge in [-0.1, -0.05) is 6.07 Å². The molecule has 27 heavy (non-hydrogen) atoms. The van der Waals surface area contributed by atoms with Gasteiger partial charge in [-0.15, -0.1) is 15.3 Å². The van der Waals surface area contributed by atoms with E-state index in [4.69, 9.17) is 4.74 Å². The van der Waals surface area contributed by atoms with Crippen LogP contribution in [0, 0.1) is 6.92 Å². The quantitative estimate of drug-likeness (QED) is 0.724. The van der Waals surface area contributed by atoms with E-state index in [0.29, 0.717) is 36.9 Å². The van der Waals surface area contributed by atoms with E-state index in [2.05, 4.69) is 30.5 Å². The number of carbonyl (C=O) groups is 1. The molecule has 1 aliphatic rings. The number of fused-ring (bicyclic) bond motifs is 1. The highest BCUT2D eigenvalue weighted by molar-refractivity contribution is 5.89. The van der Waals surface area contributed by atoms with Crippen LogP contribution in [0.4, 0.5) is 11.6 Å². The van der Waals surface area contributed by atoms with Crippen LogP contribution in [0.25, 0.3) is 5.65 Å². The molecule has 0 radical (unpaired) electrons. The van der Waals surface area contributed by atoms with E-state index in [1.54, 1.807) is 10.6 Å². The number of amides is 1. The minimum absolute atomic E-state index is 0.116. The van der Waals surface area contributed by atoms with Crippen LogP contribution in [0.5, 0.6) is 0 Å². The van der Waals surface area contributed by atoms with E-state index < -0.39 is 0 Å². The number of morpholine rings is 1. The molecule has 4 heterocycles. The Kier molecular flexibility index (Phi) is 4.93. The van der Waals surface area contributed by atoms with Gasteiger partial charge in [0, 0.05) is 31.6 Å². The van der Waals surface area contributed by atoms with Crippen LogP contribution in [0.2, 0.25) is 0 Å². The molecule has 0 saturated carbocycles. The zero-order valence-corrected chi connectivity index (χ0v) is 15.1. The molecule has 1 amide bonds. The average Bonchev–Trinajstić information content (AvgIpc) is 3.09. The molecule has 9 heteroatoms. The third-order valence-electron chi connectivity index (χ3n) is 4.38. The molecule has 1 N–H and O–H groups in total. The van der Waals surface area contributed by atoms with Gasteiger partial charge in [-0.2, -0.15) is 4.52 Å². The molecule has 0 spiro atoms. The molecule has 140 valence electrons. The smallest absolute Gasteiger partial charge is 0.225 e. The minimum atomic E-state index is -0.116. The van der Waals surface area contributed by atoms with Crippen LogP contribution < -0.4 is 10.2 Å². The van der Waals surface area contributed by atoms with Crippen LogP contribution in [0.3, 0.4) is 0 Å². The van der Waals surface area contributed by atoms with Crippen LogP contribution in [-0.4, -0.2) is 57.0 Å². The molecule has 3 aromatic heterocycles. The number of nitrogens with one attached hydrogen (secondary N) is 1. The van der Waals surface area contributed by atoms with Crippen molar-refractivity contribution < 1.29 is 9.53 Å². The van der Waals surface area contributed by atoms with Crippen LogP contribution >= 0.6 is 0 Å². The summed E-state index contributed by atoms with van der Waals surface area (Å²) >= 11 is 0. The lowest BCUT2D eigenvalue weighted by molar-refractivity contribution is -0.116. The summed E-state index contributed by atoms with van der Waals surface area (Å²) in [5.41, 5.74) is 1.53. The van der Waals surface area contributed by atoms with E-state index in [1.165, 1.54) is 0 Å². The van der Waals surface area contributed by atoms with Crippen molar-refractivity contribution in [2.45, 2.75) is 19.8 Å². The number of hydrogen-bond donors (Lipinski definition) is 1. The Hall–Kier alpha value is -3.07. The summed E-state index contributed by atoms with van der Waals surface area (Å²) in [6.07, 6.45) is 0.720. The molecule has 1 fully saturated rings. The Morgan fingerprint density at radius 3 is 2.85 bits per heavy atom. The number of hydrogen-bond acceptors (Lipinski definition) is 7. The van der Waals surface area contributed by atoms with Crippen LogP contribution in [0.1, 0.15) is 17.9 Å². The maximum atomic E-state index is 12.2. The fourth-order valence-electron chi connectivity index (χ4n) is 2.98. The van der Waals surface area contributed by atoms with Crippen LogP contribution in [0.15, 0.2) is 30.3 Å². The maximum Gasteiger partial charge on any atom is 0.225 e. The Labute approximate surface area is 156 Å². The number of rotatable bonds is 5. The maximum absolute atomic E-state index is 12.2. The van der Waals surface area contributed by atoms with Gasteiger partial charge in [0.25, 0.3) is 0 Å². The van der Waals surface area contributed by atoms with Crippen molar-refractivity contribution in [1.82, 2.24) is 24.8 Å². The van der Waals surface area contributed by atoms with E-state index in [-0.39, 0.29) is 12.3 Å². The number of ether oxygens (including phenoxy) is 1. The SMILES string of the molecule is Cc1cccc(NC(=O)CCc2nnc3ccc(N4CCOCC4)nn23)n1. The van der Waals surface area contributed by atoms with Gasteiger partial charge in [0.2, 0.25) is 5.91 Å². The molecule has 0 bridgehead atoms. The first-order valence-electron chi connectivity index (χ1n) is 8.96. The zero-order chi connectivity index (χ0) is 18.6. The lowest BCUT2D eigenvalue weighted by Gasteiger charge is -2.27. The number of nitrogens with zero attached hydrogens (tertiary/aromatic N) is 6. The third-order valence-corrected chi connectivity index (χ3v) is 4.38. The van der Waals surface area contributed by atoms with Crippen molar-refractivity contribution >= 4 is 23.2 Å². The summed E-state index contributed by atoms with van der Waals surface area (Å²) in [6, 6.07) is 9.35. The first-order valence-corrected chi connectivity index (χ1v) is 8.96. The topological polar surface area (TPSA) is 97.5 Å². The molecule has 1 aliphatic heterocycles. The zero-order valence-electron chi connectivity index (χ0n) is 15.1. The highest BCUT2D eigenvalue weighted by Gasteiger charge is 2.15. The number of carbonyl (C=O) groups excluding carboxylic acids is 1. The molecule has 9 nitrogen and oxygen atoms in total. The second-order valence-electron chi connectivity index (χ2n) is 6.39. The lowest BCUT2D eigenvalue weighted by Crippen LogP contribution is -2.37. The largest absolute Gasteiger partial charge is 0.378 e. The van der Waals surface area contributed by atoms with Gasteiger partial charge >= 0.3 is 0 Å². The van der Waals surface area contributed by atoms with Gasteiger partial charge in [-0.25, -0.2) is 4.98 Å². The summed E-state index contributed by atoms with van der Waals surface area (Å²) in [4.78, 5) is 18.7. The normalized spacial score (nSPS) is 14.5. The van der Waals surface area contributed by atoms with E-state index in [1.807, 2.05) is 31.2 Å². The van der Waals surface area contributed by atoms with Crippen molar-refractivity contribution in [2.24, 2.45) is 0 Å². The Morgan fingerprint density at radius 1 is 1.19 bits per heavy atom. The molecule has 3 aromatic rings. The van der Waals surface area contributed by atoms with Gasteiger partial charge in [0.15, 0.2) is 11.5 Å². The predicted octanol–water partition coefficient (Wildman–Crippen LogP) is 1.24. The van der Waals surface area contributed by atoms with Gasteiger partial charge in [-0.3, -0.25) is 4.79 Å². The highest BCUT2D eigenvalue weighted by Crippen LogP contribution is 2.14. The first kappa shape index (κ1) is 17.3. The van der Waals surface area contributed by atoms with Gasteiger partial charge < -0.3 is 15.0 Å². The molecule has 0 unspecified atom stereocenters. The molecule has 0 aliphatic carbocycles. The third kappa shape index (κ3) is 4.03. The molecule has 0 aromatic carbocycles. The monoisotopic (exact) mass is 367 g/mol. The van der Waals surface area contributed by atoms with Crippen molar-refractivity contribution in [1.29, 1.82) is 0 Å². The second-order valence-corrected chi connectivity index (χ2v) is 6.39. The summed E-state index contributed by atoms with van der Waals surface area (Å²) in [5.74, 6) is 1.96. The van der Waals surface area contributed by atoms with Gasteiger partial charge in [0.05, 0.1) is 13.2 Å². The summed E-state index contributed by atoms with van der Waals surface area (Å²) in [5, 5.41) is 15.8. The number of aryl methyl sites for hydroxylation is 2. The van der Waals surface area contributed by atoms with Crippen LogP contribution in [-0.2, 0) is 16.0 Å². The molecular weight excluding hydrogens is 346 g/mol. The minimum Gasteiger partial charge on any atom is -0.378 e. The molecule has 1 saturated heterocycles. The Morgan fingerprint density at radius 2 is 2.04 bits per heavy atom. The fourth-order valence-corrected chi connectivity index (χ4v) is 2.98. The molecule has 0 atom stereocenters. The Balaban J connectivity index is 1.44. The summed E-state index contributed by atoms with van der Waals surface area (Å²) in [7, 11) is 0. The average molecular weight is 367 g/mol. The standard InChI is InChI=1S/C18H21N7O2/c1-13-3-2-4-14(19-13)20-18(26)8-7-16-22-21-15-5-6-17(23-25(15)16)24-9-11-27-12-10-24/h2-6H,7-12H2,1H3,(H,19,20,26). The van der Waals surface area contributed by atoms with Crippen molar-refractivity contribution in [3.8, 4) is 0 Å². The van der Waals surface area contributed by atoms with E-state index in [9.17, 15) is 4.79 Å². The van der Waals surface area contributed by atoms with Crippen molar-refractivity contribution in [3.63, 3.8) is 0 Å². The van der Waals surface area contributed by atoms with Crippen molar-refractivity contribution in [2.75, 3.05) is 36.5 Å². The number of pyridine rings is 1.